The van der Waals surface area contributed by atoms with Crippen molar-refractivity contribution in [1.82, 2.24) is 9.80 Å². The molecule has 0 aromatic heterocycles. The van der Waals surface area contributed by atoms with E-state index >= 15 is 0 Å². The number of likely N-dealkylation sites (N-methyl/N-ethyl adjacent to an activating group) is 1. The van der Waals surface area contributed by atoms with Crippen LogP contribution in [0.1, 0.15) is 18.4 Å². The zero-order valence-corrected chi connectivity index (χ0v) is 12.9. The van der Waals surface area contributed by atoms with Crippen LogP contribution in [0.5, 0.6) is 0 Å². The van der Waals surface area contributed by atoms with Crippen molar-refractivity contribution in [2.24, 2.45) is 5.73 Å². The second kappa shape index (κ2) is 7.79. The van der Waals surface area contributed by atoms with E-state index in [9.17, 15) is 9.59 Å². The molecule has 1 fully saturated rings. The van der Waals surface area contributed by atoms with Gasteiger partial charge in [0.2, 0.25) is 5.91 Å². The second-order valence-electron chi connectivity index (χ2n) is 5.51. The van der Waals surface area contributed by atoms with Gasteiger partial charge in [0.1, 0.15) is 6.61 Å². The fourth-order valence-corrected chi connectivity index (χ4v) is 2.69. The Morgan fingerprint density at radius 2 is 2.09 bits per heavy atom. The molecule has 0 aliphatic carbocycles. The van der Waals surface area contributed by atoms with Crippen molar-refractivity contribution >= 4 is 12.0 Å². The van der Waals surface area contributed by atoms with Crippen LogP contribution in [0.25, 0.3) is 0 Å². The maximum absolute atomic E-state index is 12.0. The van der Waals surface area contributed by atoms with Crippen LogP contribution in [0.2, 0.25) is 0 Å². The molecule has 1 saturated heterocycles. The number of hydrogen-bond acceptors (Lipinski definition) is 4. The van der Waals surface area contributed by atoms with Crippen LogP contribution in [-0.4, -0.2) is 54.5 Å². The van der Waals surface area contributed by atoms with E-state index in [0.717, 1.165) is 18.4 Å². The molecule has 1 unspecified atom stereocenters. The number of rotatable bonds is 5. The Labute approximate surface area is 130 Å². The van der Waals surface area contributed by atoms with E-state index in [2.05, 4.69) is 0 Å². The second-order valence-corrected chi connectivity index (χ2v) is 5.51. The van der Waals surface area contributed by atoms with Gasteiger partial charge in [-0.05, 0) is 18.4 Å². The molecule has 1 aromatic rings. The highest BCUT2D eigenvalue weighted by molar-refractivity contribution is 5.78. The van der Waals surface area contributed by atoms with Gasteiger partial charge < -0.3 is 20.3 Å². The van der Waals surface area contributed by atoms with Gasteiger partial charge in [-0.1, -0.05) is 30.3 Å². The van der Waals surface area contributed by atoms with Crippen molar-refractivity contribution in [2.75, 3.05) is 26.7 Å². The molecule has 0 spiro atoms. The molecule has 22 heavy (non-hydrogen) atoms. The summed E-state index contributed by atoms with van der Waals surface area (Å²) in [5.41, 5.74) is 6.37. The number of benzene rings is 1. The van der Waals surface area contributed by atoms with Crippen LogP contribution >= 0.6 is 0 Å². The predicted molar refractivity (Wildman–Crippen MR) is 83.0 cm³/mol. The van der Waals surface area contributed by atoms with Crippen molar-refractivity contribution < 1.29 is 14.3 Å². The number of amides is 2. The highest BCUT2D eigenvalue weighted by atomic mass is 16.6. The van der Waals surface area contributed by atoms with Crippen LogP contribution in [0.4, 0.5) is 4.79 Å². The standard InChI is InChI=1S/C16H23N3O3/c1-18(11-14-8-5-9-19(14)15(20)10-17)16(21)22-12-13-6-3-2-4-7-13/h2-4,6-7,14H,5,8-12,17H2,1H3. The first-order valence-electron chi connectivity index (χ1n) is 7.53. The van der Waals surface area contributed by atoms with Gasteiger partial charge >= 0.3 is 6.09 Å². The summed E-state index contributed by atoms with van der Waals surface area (Å²) >= 11 is 0. The smallest absolute Gasteiger partial charge is 0.409 e. The number of nitrogens with two attached hydrogens (primary N) is 1. The molecule has 1 atom stereocenters. The summed E-state index contributed by atoms with van der Waals surface area (Å²) in [6, 6.07) is 9.58. The van der Waals surface area contributed by atoms with E-state index in [1.807, 2.05) is 30.3 Å². The predicted octanol–water partition coefficient (Wildman–Crippen LogP) is 1.20. The lowest BCUT2D eigenvalue weighted by molar-refractivity contribution is -0.130. The number of nitrogens with zero attached hydrogens (tertiary/aromatic N) is 2. The van der Waals surface area contributed by atoms with E-state index in [1.54, 1.807) is 11.9 Å². The summed E-state index contributed by atoms with van der Waals surface area (Å²) in [5, 5.41) is 0. The Morgan fingerprint density at radius 3 is 2.77 bits per heavy atom. The monoisotopic (exact) mass is 305 g/mol. The molecule has 2 rings (SSSR count). The molecular formula is C16H23N3O3. The number of carbonyl (C=O) groups is 2. The first-order chi connectivity index (χ1) is 10.6. The summed E-state index contributed by atoms with van der Waals surface area (Å²) in [6.07, 6.45) is 1.46. The minimum Gasteiger partial charge on any atom is -0.445 e. The molecule has 0 radical (unpaired) electrons. The van der Waals surface area contributed by atoms with Gasteiger partial charge in [-0.3, -0.25) is 4.79 Å². The molecule has 0 bridgehead atoms. The third-order valence-electron chi connectivity index (χ3n) is 3.87. The third kappa shape index (κ3) is 4.21. The zero-order valence-electron chi connectivity index (χ0n) is 12.9. The minimum atomic E-state index is -0.379. The first kappa shape index (κ1) is 16.3. The molecule has 6 nitrogen and oxygen atoms in total. The highest BCUT2D eigenvalue weighted by Gasteiger charge is 2.29. The third-order valence-corrected chi connectivity index (χ3v) is 3.87. The van der Waals surface area contributed by atoms with Gasteiger partial charge in [-0.15, -0.1) is 0 Å². The van der Waals surface area contributed by atoms with E-state index in [1.165, 1.54) is 4.90 Å². The molecule has 1 heterocycles. The normalized spacial score (nSPS) is 17.4. The maximum Gasteiger partial charge on any atom is 0.409 e. The Hall–Kier alpha value is -2.08. The highest BCUT2D eigenvalue weighted by Crippen LogP contribution is 2.18. The van der Waals surface area contributed by atoms with Crippen LogP contribution in [0, 0.1) is 0 Å². The van der Waals surface area contributed by atoms with Gasteiger partial charge in [0, 0.05) is 26.2 Å². The Morgan fingerprint density at radius 1 is 1.36 bits per heavy atom. The van der Waals surface area contributed by atoms with Crippen molar-refractivity contribution in [2.45, 2.75) is 25.5 Å². The molecule has 120 valence electrons. The maximum atomic E-state index is 12.0. The Bertz CT molecular complexity index is 507. The molecule has 1 aliphatic rings. The van der Waals surface area contributed by atoms with Crippen molar-refractivity contribution in [3.8, 4) is 0 Å². The quantitative estimate of drug-likeness (QED) is 0.887. The van der Waals surface area contributed by atoms with Crippen molar-refractivity contribution in [3.63, 3.8) is 0 Å². The molecule has 1 aliphatic heterocycles. The Balaban J connectivity index is 1.82. The van der Waals surface area contributed by atoms with E-state index in [0.29, 0.717) is 13.1 Å². The van der Waals surface area contributed by atoms with E-state index in [-0.39, 0.29) is 31.2 Å². The fraction of sp³-hybridized carbons (Fsp3) is 0.500. The van der Waals surface area contributed by atoms with Crippen LogP contribution in [-0.2, 0) is 16.1 Å². The fourth-order valence-electron chi connectivity index (χ4n) is 2.69. The molecule has 0 saturated carbocycles. The van der Waals surface area contributed by atoms with E-state index < -0.39 is 0 Å². The van der Waals surface area contributed by atoms with Gasteiger partial charge in [0.15, 0.2) is 0 Å². The Kier molecular flexibility index (Phi) is 5.77. The summed E-state index contributed by atoms with van der Waals surface area (Å²) in [4.78, 5) is 27.1. The van der Waals surface area contributed by atoms with Gasteiger partial charge in [-0.25, -0.2) is 4.79 Å². The van der Waals surface area contributed by atoms with Gasteiger partial charge in [0.25, 0.3) is 0 Å². The summed E-state index contributed by atoms with van der Waals surface area (Å²) < 4.78 is 5.28. The lowest BCUT2D eigenvalue weighted by Gasteiger charge is -2.28. The van der Waals surface area contributed by atoms with Gasteiger partial charge in [-0.2, -0.15) is 0 Å². The molecular weight excluding hydrogens is 282 g/mol. The number of ether oxygens (including phenoxy) is 1. The average Bonchev–Trinajstić information content (AvgIpc) is 3.00. The topological polar surface area (TPSA) is 75.9 Å². The summed E-state index contributed by atoms with van der Waals surface area (Å²) in [6.45, 7) is 1.45. The number of likely N-dealkylation sites (tertiary alicyclic amines) is 1. The molecule has 2 amide bonds. The first-order valence-corrected chi connectivity index (χ1v) is 7.53. The van der Waals surface area contributed by atoms with Crippen LogP contribution < -0.4 is 5.73 Å². The lowest BCUT2D eigenvalue weighted by atomic mass is 10.2. The van der Waals surface area contributed by atoms with Crippen LogP contribution in [0.3, 0.4) is 0 Å². The van der Waals surface area contributed by atoms with Crippen molar-refractivity contribution in [3.05, 3.63) is 35.9 Å². The zero-order chi connectivity index (χ0) is 15.9. The minimum absolute atomic E-state index is 0.0126. The lowest BCUT2D eigenvalue weighted by Crippen LogP contribution is -2.45. The molecule has 6 heteroatoms. The summed E-state index contributed by atoms with van der Waals surface area (Å²) in [7, 11) is 1.69. The average molecular weight is 305 g/mol. The molecule has 2 N–H and O–H groups in total. The van der Waals surface area contributed by atoms with E-state index in [4.69, 9.17) is 10.5 Å². The van der Waals surface area contributed by atoms with Gasteiger partial charge in [0.05, 0.1) is 6.54 Å². The largest absolute Gasteiger partial charge is 0.445 e. The molecule has 1 aromatic carbocycles. The number of carbonyl (C=O) groups excluding carboxylic acids is 2. The number of hydrogen-bond donors (Lipinski definition) is 1. The van der Waals surface area contributed by atoms with Crippen molar-refractivity contribution in [1.29, 1.82) is 0 Å². The summed E-state index contributed by atoms with van der Waals surface area (Å²) in [5.74, 6) is -0.0615. The SMILES string of the molecule is CN(CC1CCCN1C(=O)CN)C(=O)OCc1ccccc1. The van der Waals surface area contributed by atoms with Crippen LogP contribution in [0.15, 0.2) is 30.3 Å².